The second kappa shape index (κ2) is 8.94. The van der Waals surface area contributed by atoms with Crippen molar-refractivity contribution in [3.63, 3.8) is 0 Å². The minimum absolute atomic E-state index is 0.0562. The normalized spacial score (nSPS) is 18.7. The Labute approximate surface area is 148 Å². The first-order chi connectivity index (χ1) is 11.5. The molecule has 1 saturated heterocycles. The summed E-state index contributed by atoms with van der Waals surface area (Å²) in [5.74, 6) is 0.149. The highest BCUT2D eigenvalue weighted by atomic mass is 32.2. The van der Waals surface area contributed by atoms with Gasteiger partial charge in [-0.05, 0) is 37.9 Å². The fraction of sp³-hybridized carbons (Fsp3) is 0.688. The van der Waals surface area contributed by atoms with E-state index in [4.69, 9.17) is 0 Å². The van der Waals surface area contributed by atoms with Crippen LogP contribution in [0.5, 0.6) is 0 Å². The van der Waals surface area contributed by atoms with Crippen LogP contribution in [0.1, 0.15) is 31.6 Å². The van der Waals surface area contributed by atoms with E-state index in [-0.39, 0.29) is 11.8 Å². The van der Waals surface area contributed by atoms with Crippen LogP contribution in [0.4, 0.5) is 0 Å². The van der Waals surface area contributed by atoms with Gasteiger partial charge in [-0.3, -0.25) is 4.79 Å². The number of piperidine rings is 1. The second-order valence-corrected chi connectivity index (χ2v) is 9.23. The maximum Gasteiger partial charge on any atom is 0.252 e. The standard InChI is InChI=1S/C16H27N3O3S2/c1-3-19(4-2)24(21,22)15-8-7-14(23-15)9-11-18-16(20)13-6-5-10-17-12-13/h7-8,13,17H,3-6,9-12H2,1-2H3,(H,18,20). The highest BCUT2D eigenvalue weighted by molar-refractivity contribution is 7.91. The van der Waals surface area contributed by atoms with Gasteiger partial charge in [0, 0.05) is 31.1 Å². The maximum absolute atomic E-state index is 12.5. The maximum atomic E-state index is 12.5. The van der Waals surface area contributed by atoms with E-state index in [1.165, 1.54) is 15.6 Å². The molecule has 0 aliphatic carbocycles. The van der Waals surface area contributed by atoms with Gasteiger partial charge in [-0.2, -0.15) is 4.31 Å². The van der Waals surface area contributed by atoms with Gasteiger partial charge in [-0.25, -0.2) is 8.42 Å². The Hall–Kier alpha value is -0.960. The summed E-state index contributed by atoms with van der Waals surface area (Å²) in [6.07, 6.45) is 2.63. The van der Waals surface area contributed by atoms with Gasteiger partial charge in [0.15, 0.2) is 0 Å². The van der Waals surface area contributed by atoms with Gasteiger partial charge in [-0.15, -0.1) is 11.3 Å². The van der Waals surface area contributed by atoms with Gasteiger partial charge >= 0.3 is 0 Å². The van der Waals surface area contributed by atoms with Crippen molar-refractivity contribution >= 4 is 27.3 Å². The van der Waals surface area contributed by atoms with Gasteiger partial charge in [0.25, 0.3) is 10.0 Å². The van der Waals surface area contributed by atoms with E-state index in [0.717, 1.165) is 30.8 Å². The average Bonchev–Trinajstić information content (AvgIpc) is 3.06. The lowest BCUT2D eigenvalue weighted by molar-refractivity contribution is -0.125. The molecular weight excluding hydrogens is 346 g/mol. The average molecular weight is 374 g/mol. The highest BCUT2D eigenvalue weighted by Crippen LogP contribution is 2.25. The number of nitrogens with zero attached hydrogens (tertiary/aromatic N) is 1. The number of hydrogen-bond acceptors (Lipinski definition) is 5. The quantitative estimate of drug-likeness (QED) is 0.723. The molecule has 24 heavy (non-hydrogen) atoms. The van der Waals surface area contributed by atoms with Gasteiger partial charge in [0.05, 0.1) is 5.92 Å². The van der Waals surface area contributed by atoms with Gasteiger partial charge < -0.3 is 10.6 Å². The van der Waals surface area contributed by atoms with Crippen LogP contribution in [-0.2, 0) is 21.2 Å². The number of sulfonamides is 1. The zero-order valence-corrected chi connectivity index (χ0v) is 16.0. The van der Waals surface area contributed by atoms with Crippen LogP contribution in [0.2, 0.25) is 0 Å². The first-order valence-corrected chi connectivity index (χ1v) is 10.8. The molecule has 1 aromatic heterocycles. The number of carbonyl (C=O) groups excluding carboxylic acids is 1. The van der Waals surface area contributed by atoms with Crippen molar-refractivity contribution < 1.29 is 13.2 Å². The SMILES string of the molecule is CCN(CC)S(=O)(=O)c1ccc(CCNC(=O)C2CCCNC2)s1. The molecule has 8 heteroatoms. The van der Waals surface area contributed by atoms with Crippen molar-refractivity contribution in [2.24, 2.45) is 5.92 Å². The van der Waals surface area contributed by atoms with E-state index >= 15 is 0 Å². The van der Waals surface area contributed by atoms with E-state index in [9.17, 15) is 13.2 Å². The lowest BCUT2D eigenvalue weighted by Gasteiger charge is -2.21. The van der Waals surface area contributed by atoms with Crippen molar-refractivity contribution in [3.8, 4) is 0 Å². The predicted molar refractivity (Wildman–Crippen MR) is 96.7 cm³/mol. The first kappa shape index (κ1) is 19.4. The highest BCUT2D eigenvalue weighted by Gasteiger charge is 2.24. The molecule has 0 radical (unpaired) electrons. The zero-order valence-electron chi connectivity index (χ0n) is 14.4. The molecule has 2 rings (SSSR count). The molecule has 1 unspecified atom stereocenters. The summed E-state index contributed by atoms with van der Waals surface area (Å²) < 4.78 is 26.7. The Morgan fingerprint density at radius 3 is 2.75 bits per heavy atom. The fourth-order valence-electron chi connectivity index (χ4n) is 2.85. The van der Waals surface area contributed by atoms with E-state index in [0.29, 0.717) is 30.3 Å². The van der Waals surface area contributed by atoms with Gasteiger partial charge in [-0.1, -0.05) is 13.8 Å². The van der Waals surface area contributed by atoms with Crippen molar-refractivity contribution in [2.75, 3.05) is 32.7 Å². The van der Waals surface area contributed by atoms with Crippen LogP contribution >= 0.6 is 11.3 Å². The molecule has 2 heterocycles. The van der Waals surface area contributed by atoms with E-state index in [1.54, 1.807) is 6.07 Å². The molecule has 1 aromatic rings. The molecule has 0 bridgehead atoms. The molecule has 0 spiro atoms. The van der Waals surface area contributed by atoms with E-state index in [2.05, 4.69) is 10.6 Å². The topological polar surface area (TPSA) is 78.5 Å². The molecule has 1 aliphatic rings. The number of amides is 1. The van der Waals surface area contributed by atoms with Gasteiger partial charge in [0.1, 0.15) is 4.21 Å². The monoisotopic (exact) mass is 373 g/mol. The number of hydrogen-bond donors (Lipinski definition) is 2. The summed E-state index contributed by atoms with van der Waals surface area (Å²) in [7, 11) is -3.38. The molecule has 0 saturated carbocycles. The van der Waals surface area contributed by atoms with Crippen LogP contribution < -0.4 is 10.6 Å². The van der Waals surface area contributed by atoms with Gasteiger partial charge in [0.2, 0.25) is 5.91 Å². The summed E-state index contributed by atoms with van der Waals surface area (Å²) in [5, 5.41) is 6.20. The third-order valence-electron chi connectivity index (χ3n) is 4.27. The molecule has 1 amide bonds. The Morgan fingerprint density at radius 1 is 1.38 bits per heavy atom. The molecule has 1 fully saturated rings. The van der Waals surface area contributed by atoms with E-state index < -0.39 is 10.0 Å². The van der Waals surface area contributed by atoms with Crippen LogP contribution in [0, 0.1) is 5.92 Å². The molecule has 6 nitrogen and oxygen atoms in total. The minimum Gasteiger partial charge on any atom is -0.355 e. The summed E-state index contributed by atoms with van der Waals surface area (Å²) in [6, 6.07) is 3.51. The molecule has 1 aliphatic heterocycles. The minimum atomic E-state index is -3.38. The van der Waals surface area contributed by atoms with Crippen molar-refractivity contribution in [2.45, 2.75) is 37.3 Å². The number of carbonyl (C=O) groups is 1. The lowest BCUT2D eigenvalue weighted by Crippen LogP contribution is -2.41. The third-order valence-corrected chi connectivity index (χ3v) is 7.94. The third kappa shape index (κ3) is 4.78. The molecular formula is C16H27N3O3S2. The molecule has 1 atom stereocenters. The smallest absolute Gasteiger partial charge is 0.252 e. The summed E-state index contributed by atoms with van der Waals surface area (Å²) >= 11 is 1.29. The van der Waals surface area contributed by atoms with Crippen molar-refractivity contribution in [1.29, 1.82) is 0 Å². The summed E-state index contributed by atoms with van der Waals surface area (Å²) in [4.78, 5) is 13.0. The molecule has 0 aromatic carbocycles. The van der Waals surface area contributed by atoms with Crippen LogP contribution in [0.15, 0.2) is 16.3 Å². The van der Waals surface area contributed by atoms with Crippen LogP contribution in [-0.4, -0.2) is 51.4 Å². The summed E-state index contributed by atoms with van der Waals surface area (Å²) in [6.45, 7) is 6.89. The Kier molecular flexibility index (Phi) is 7.21. The predicted octanol–water partition coefficient (Wildman–Crippen LogP) is 1.44. The Morgan fingerprint density at radius 2 is 2.12 bits per heavy atom. The van der Waals surface area contributed by atoms with E-state index in [1.807, 2.05) is 19.9 Å². The summed E-state index contributed by atoms with van der Waals surface area (Å²) in [5.41, 5.74) is 0. The Balaban J connectivity index is 1.86. The number of rotatable bonds is 8. The number of nitrogens with one attached hydrogen (secondary N) is 2. The van der Waals surface area contributed by atoms with Crippen molar-refractivity contribution in [1.82, 2.24) is 14.9 Å². The fourth-order valence-corrected chi connectivity index (χ4v) is 5.82. The zero-order chi connectivity index (χ0) is 17.6. The lowest BCUT2D eigenvalue weighted by atomic mass is 9.99. The van der Waals surface area contributed by atoms with Crippen LogP contribution in [0.3, 0.4) is 0 Å². The largest absolute Gasteiger partial charge is 0.355 e. The van der Waals surface area contributed by atoms with Crippen molar-refractivity contribution in [3.05, 3.63) is 17.0 Å². The molecule has 136 valence electrons. The number of thiophene rings is 1. The second-order valence-electron chi connectivity index (χ2n) is 5.89. The Bertz CT molecular complexity index is 633. The first-order valence-electron chi connectivity index (χ1n) is 8.56. The molecule has 2 N–H and O–H groups in total. The van der Waals surface area contributed by atoms with Crippen LogP contribution in [0.25, 0.3) is 0 Å².